The van der Waals surface area contributed by atoms with Crippen LogP contribution < -0.4 is 0 Å². The lowest BCUT2D eigenvalue weighted by Crippen LogP contribution is -2.14. The van der Waals surface area contributed by atoms with Gasteiger partial charge in [-0.15, -0.1) is 11.8 Å². The molecule has 0 aromatic carbocycles. The van der Waals surface area contributed by atoms with E-state index in [1.165, 1.54) is 0 Å². The van der Waals surface area contributed by atoms with Crippen LogP contribution in [-0.2, 0) is 4.84 Å². The Bertz CT molecular complexity index is 42.7. The zero-order valence-electron chi connectivity index (χ0n) is 4.97. The predicted molar refractivity (Wildman–Crippen MR) is 33.2 cm³/mol. The largest absolute Gasteiger partial charge is 0.302 e. The second kappa shape index (κ2) is 4.43. The molecule has 2 nitrogen and oxygen atoms in total. The molecule has 44 valence electrons. The number of thioether (sulfide) groups is 1. The standard InChI is InChI=1S/C4H11NOS/c1-5(6-2)4-7-3/h4H2,1-3H3. The molecule has 0 N–H and O–H groups in total. The second-order valence-corrected chi connectivity index (χ2v) is 2.06. The van der Waals surface area contributed by atoms with E-state index >= 15 is 0 Å². The van der Waals surface area contributed by atoms with Gasteiger partial charge in [0.05, 0.1) is 13.0 Å². The Morgan fingerprint density at radius 1 is 1.71 bits per heavy atom. The molecule has 0 aliphatic carbocycles. The van der Waals surface area contributed by atoms with Crippen LogP contribution in [0.5, 0.6) is 0 Å². The van der Waals surface area contributed by atoms with Gasteiger partial charge in [-0.05, 0) is 6.26 Å². The third-order valence-corrected chi connectivity index (χ3v) is 1.24. The van der Waals surface area contributed by atoms with Gasteiger partial charge in [-0.1, -0.05) is 0 Å². The lowest BCUT2D eigenvalue weighted by molar-refractivity contribution is -0.0916. The Labute approximate surface area is 48.8 Å². The Kier molecular flexibility index (Phi) is 4.60. The molecule has 0 amide bonds. The first-order valence-electron chi connectivity index (χ1n) is 2.05. The summed E-state index contributed by atoms with van der Waals surface area (Å²) in [5.41, 5.74) is 0. The maximum absolute atomic E-state index is 4.80. The molecular formula is C4H11NOS. The van der Waals surface area contributed by atoms with Crippen LogP contribution in [0.4, 0.5) is 0 Å². The quantitative estimate of drug-likeness (QED) is 0.405. The summed E-state index contributed by atoms with van der Waals surface area (Å²) in [6, 6.07) is 0. The van der Waals surface area contributed by atoms with Crippen LogP contribution in [0.2, 0.25) is 0 Å². The predicted octanol–water partition coefficient (Wildman–Crippen LogP) is 0.800. The van der Waals surface area contributed by atoms with Crippen molar-refractivity contribution in [2.24, 2.45) is 0 Å². The molecule has 0 heterocycles. The van der Waals surface area contributed by atoms with Gasteiger partial charge in [-0.25, -0.2) is 0 Å². The highest BCUT2D eigenvalue weighted by atomic mass is 32.2. The van der Waals surface area contributed by atoms with Crippen molar-refractivity contribution < 1.29 is 4.84 Å². The number of nitrogens with zero attached hydrogens (tertiary/aromatic N) is 1. The Morgan fingerprint density at radius 3 is 2.43 bits per heavy atom. The van der Waals surface area contributed by atoms with Gasteiger partial charge in [0, 0.05) is 7.05 Å². The summed E-state index contributed by atoms with van der Waals surface area (Å²) in [4.78, 5) is 4.80. The van der Waals surface area contributed by atoms with Crippen molar-refractivity contribution >= 4 is 11.8 Å². The molecule has 0 unspecified atom stereocenters. The molecule has 0 aliphatic rings. The van der Waals surface area contributed by atoms with Crippen LogP contribution in [0.3, 0.4) is 0 Å². The van der Waals surface area contributed by atoms with Crippen LogP contribution in [-0.4, -0.2) is 31.4 Å². The fourth-order valence-electron chi connectivity index (χ4n) is 0.235. The summed E-state index contributed by atoms with van der Waals surface area (Å²) in [5, 5.41) is 1.77. The molecule has 0 radical (unpaired) electrons. The van der Waals surface area contributed by atoms with Crippen LogP contribution in [0.15, 0.2) is 0 Å². The molecule has 7 heavy (non-hydrogen) atoms. The fourth-order valence-corrected chi connectivity index (χ4v) is 0.704. The minimum Gasteiger partial charge on any atom is -0.302 e. The monoisotopic (exact) mass is 121 g/mol. The Balaban J connectivity index is 2.83. The smallest absolute Gasteiger partial charge is 0.0690 e. The van der Waals surface area contributed by atoms with Crippen LogP contribution >= 0.6 is 11.8 Å². The zero-order chi connectivity index (χ0) is 5.70. The highest BCUT2D eigenvalue weighted by molar-refractivity contribution is 7.98. The van der Waals surface area contributed by atoms with Crippen LogP contribution in [0.25, 0.3) is 0 Å². The molecule has 0 saturated carbocycles. The molecule has 3 heteroatoms. The van der Waals surface area contributed by atoms with Crippen molar-refractivity contribution in [3.8, 4) is 0 Å². The van der Waals surface area contributed by atoms with E-state index in [0.29, 0.717) is 0 Å². The lowest BCUT2D eigenvalue weighted by Gasteiger charge is -2.09. The molecule has 0 atom stereocenters. The highest BCUT2D eigenvalue weighted by Gasteiger charge is 1.87. The van der Waals surface area contributed by atoms with E-state index < -0.39 is 0 Å². The zero-order valence-corrected chi connectivity index (χ0v) is 5.79. The number of rotatable bonds is 3. The first-order valence-corrected chi connectivity index (χ1v) is 3.45. The topological polar surface area (TPSA) is 12.5 Å². The average Bonchev–Trinajstić information content (AvgIpc) is 1.68. The normalized spacial score (nSPS) is 10.3. The molecule has 0 bridgehead atoms. The third-order valence-electron chi connectivity index (χ3n) is 0.623. The van der Waals surface area contributed by atoms with E-state index in [0.717, 1.165) is 5.88 Å². The minimum atomic E-state index is 0.927. The Morgan fingerprint density at radius 2 is 2.29 bits per heavy atom. The van der Waals surface area contributed by atoms with Gasteiger partial charge in [0.1, 0.15) is 0 Å². The molecule has 0 aromatic heterocycles. The molecular weight excluding hydrogens is 110 g/mol. The first kappa shape index (κ1) is 7.27. The number of hydrogen-bond acceptors (Lipinski definition) is 3. The van der Waals surface area contributed by atoms with Gasteiger partial charge in [-0.3, -0.25) is 0 Å². The van der Waals surface area contributed by atoms with Gasteiger partial charge in [0.25, 0.3) is 0 Å². The molecule has 0 fully saturated rings. The molecule has 0 rings (SSSR count). The van der Waals surface area contributed by atoms with E-state index in [-0.39, 0.29) is 0 Å². The maximum Gasteiger partial charge on any atom is 0.0690 e. The van der Waals surface area contributed by atoms with Gasteiger partial charge in [0.2, 0.25) is 0 Å². The third kappa shape index (κ3) is 4.12. The summed E-state index contributed by atoms with van der Waals surface area (Å²) < 4.78 is 0. The summed E-state index contributed by atoms with van der Waals surface area (Å²) >= 11 is 1.74. The lowest BCUT2D eigenvalue weighted by atomic mass is 11.2. The number of hydroxylamine groups is 2. The molecule has 0 aliphatic heterocycles. The average molecular weight is 121 g/mol. The highest BCUT2D eigenvalue weighted by Crippen LogP contribution is 1.93. The van der Waals surface area contributed by atoms with E-state index in [4.69, 9.17) is 4.84 Å². The first-order chi connectivity index (χ1) is 3.31. The molecule has 0 spiro atoms. The van der Waals surface area contributed by atoms with E-state index in [9.17, 15) is 0 Å². The SMILES string of the molecule is CON(C)CSC. The van der Waals surface area contributed by atoms with Crippen molar-refractivity contribution in [1.29, 1.82) is 0 Å². The maximum atomic E-state index is 4.80. The van der Waals surface area contributed by atoms with Gasteiger partial charge >= 0.3 is 0 Å². The number of hydrogen-bond donors (Lipinski definition) is 0. The van der Waals surface area contributed by atoms with Gasteiger partial charge in [0.15, 0.2) is 0 Å². The summed E-state index contributed by atoms with van der Waals surface area (Å²) in [6.07, 6.45) is 2.04. The van der Waals surface area contributed by atoms with Crippen molar-refractivity contribution in [3.63, 3.8) is 0 Å². The fraction of sp³-hybridized carbons (Fsp3) is 1.00. The second-order valence-electron chi connectivity index (χ2n) is 1.23. The summed E-state index contributed by atoms with van der Waals surface area (Å²) in [7, 11) is 3.56. The van der Waals surface area contributed by atoms with Crippen molar-refractivity contribution in [2.45, 2.75) is 0 Å². The van der Waals surface area contributed by atoms with Crippen molar-refractivity contribution in [2.75, 3.05) is 26.3 Å². The van der Waals surface area contributed by atoms with Gasteiger partial charge < -0.3 is 4.84 Å². The van der Waals surface area contributed by atoms with E-state index in [2.05, 4.69) is 0 Å². The summed E-state index contributed by atoms with van der Waals surface area (Å²) in [5.74, 6) is 0.927. The Hall–Kier alpha value is 0.270. The van der Waals surface area contributed by atoms with Crippen LogP contribution in [0, 0.1) is 0 Å². The summed E-state index contributed by atoms with van der Waals surface area (Å²) in [6.45, 7) is 0. The van der Waals surface area contributed by atoms with E-state index in [1.54, 1.807) is 23.9 Å². The minimum absolute atomic E-state index is 0.927. The van der Waals surface area contributed by atoms with Gasteiger partial charge in [-0.2, -0.15) is 5.06 Å². The molecule has 0 aromatic rings. The van der Waals surface area contributed by atoms with Crippen molar-refractivity contribution in [3.05, 3.63) is 0 Å². The molecule has 0 saturated heterocycles. The van der Waals surface area contributed by atoms with Crippen LogP contribution in [0.1, 0.15) is 0 Å². The van der Waals surface area contributed by atoms with Crippen molar-refractivity contribution in [1.82, 2.24) is 5.06 Å². The van der Waals surface area contributed by atoms with E-state index in [1.807, 2.05) is 13.3 Å².